The zero-order valence-corrected chi connectivity index (χ0v) is 16.6. The van der Waals surface area contributed by atoms with Crippen LogP contribution >= 0.6 is 0 Å². The van der Waals surface area contributed by atoms with E-state index in [1.165, 1.54) is 5.56 Å². The lowest BCUT2D eigenvalue weighted by atomic mass is 9.62. The van der Waals surface area contributed by atoms with Gasteiger partial charge in [-0.15, -0.1) is 0 Å². The number of rotatable bonds is 7. The monoisotopic (exact) mass is 370 g/mol. The fraction of sp³-hybridized carbons (Fsp3) is 0.500. The number of nitrogens with zero attached hydrogens (tertiary/aromatic N) is 2. The molecule has 2 heterocycles. The van der Waals surface area contributed by atoms with Crippen LogP contribution in [0.3, 0.4) is 0 Å². The Balaban J connectivity index is 2.06. The second-order valence-corrected chi connectivity index (χ2v) is 8.20. The summed E-state index contributed by atoms with van der Waals surface area (Å²) in [4.78, 5) is 6.49. The summed E-state index contributed by atoms with van der Waals surface area (Å²) in [5.74, 6) is 0.990. The van der Waals surface area contributed by atoms with Crippen molar-refractivity contribution in [1.82, 2.24) is 9.88 Å². The molecule has 0 bridgehead atoms. The van der Waals surface area contributed by atoms with Gasteiger partial charge in [0.05, 0.1) is 12.8 Å². The Kier molecular flexibility index (Phi) is 5.56. The number of hydrogen-bond donors (Lipinski definition) is 2. The van der Waals surface area contributed by atoms with Crippen molar-refractivity contribution in [2.45, 2.75) is 32.3 Å². The molecule has 1 atom stereocenters. The average molecular weight is 370 g/mol. The van der Waals surface area contributed by atoms with Crippen molar-refractivity contribution < 1.29 is 14.9 Å². The fourth-order valence-corrected chi connectivity index (χ4v) is 4.21. The van der Waals surface area contributed by atoms with Crippen LogP contribution in [0.5, 0.6) is 5.75 Å². The van der Waals surface area contributed by atoms with Crippen LogP contribution in [0, 0.1) is 5.41 Å². The SMILES string of the molecule is CC(C)c1ccc([C@](O)(c2cncc(OCCO)c2)C2(C)CN(C)C2)cc1. The normalized spacial score (nSPS) is 18.8. The lowest BCUT2D eigenvalue weighted by Gasteiger charge is -2.55. The van der Waals surface area contributed by atoms with E-state index in [1.807, 2.05) is 18.2 Å². The number of aromatic nitrogens is 1. The van der Waals surface area contributed by atoms with Crippen LogP contribution in [0.25, 0.3) is 0 Å². The van der Waals surface area contributed by atoms with Crippen LogP contribution in [-0.4, -0.2) is 53.4 Å². The average Bonchev–Trinajstić information content (AvgIpc) is 2.64. The molecule has 1 aromatic carbocycles. The van der Waals surface area contributed by atoms with Crippen molar-refractivity contribution in [2.24, 2.45) is 5.41 Å². The number of ether oxygens (including phenoxy) is 1. The summed E-state index contributed by atoms with van der Waals surface area (Å²) in [6.07, 6.45) is 3.32. The predicted octanol–water partition coefficient (Wildman–Crippen LogP) is 2.76. The van der Waals surface area contributed by atoms with Crippen LogP contribution in [0.4, 0.5) is 0 Å². The van der Waals surface area contributed by atoms with E-state index in [-0.39, 0.29) is 18.6 Å². The quantitative estimate of drug-likeness (QED) is 0.785. The van der Waals surface area contributed by atoms with Crippen LogP contribution in [-0.2, 0) is 5.60 Å². The summed E-state index contributed by atoms with van der Waals surface area (Å²) in [5, 5.41) is 21.1. The molecule has 0 spiro atoms. The number of aliphatic hydroxyl groups is 2. The third kappa shape index (κ3) is 3.59. The first-order chi connectivity index (χ1) is 12.8. The minimum Gasteiger partial charge on any atom is -0.490 e. The predicted molar refractivity (Wildman–Crippen MR) is 106 cm³/mol. The molecule has 0 unspecified atom stereocenters. The van der Waals surface area contributed by atoms with Gasteiger partial charge in [-0.3, -0.25) is 4.98 Å². The first-order valence-corrected chi connectivity index (χ1v) is 9.51. The lowest BCUT2D eigenvalue weighted by molar-refractivity contribution is -0.127. The lowest BCUT2D eigenvalue weighted by Crippen LogP contribution is -2.63. The van der Waals surface area contributed by atoms with E-state index in [0.29, 0.717) is 17.2 Å². The van der Waals surface area contributed by atoms with E-state index in [1.54, 1.807) is 12.4 Å². The van der Waals surface area contributed by atoms with Gasteiger partial charge in [0.25, 0.3) is 0 Å². The third-order valence-electron chi connectivity index (χ3n) is 5.60. The van der Waals surface area contributed by atoms with Crippen molar-refractivity contribution in [3.63, 3.8) is 0 Å². The number of benzene rings is 1. The molecule has 2 aromatic rings. The van der Waals surface area contributed by atoms with E-state index in [9.17, 15) is 5.11 Å². The molecule has 5 heteroatoms. The van der Waals surface area contributed by atoms with Crippen molar-refractivity contribution in [3.8, 4) is 5.75 Å². The molecule has 1 fully saturated rings. The van der Waals surface area contributed by atoms with Gasteiger partial charge in [-0.2, -0.15) is 0 Å². The van der Waals surface area contributed by atoms with Gasteiger partial charge >= 0.3 is 0 Å². The van der Waals surface area contributed by atoms with Crippen molar-refractivity contribution in [3.05, 3.63) is 59.4 Å². The number of pyridine rings is 1. The third-order valence-corrected chi connectivity index (χ3v) is 5.60. The van der Waals surface area contributed by atoms with Crippen LogP contribution in [0.2, 0.25) is 0 Å². The fourth-order valence-electron chi connectivity index (χ4n) is 4.21. The number of aliphatic hydroxyl groups excluding tert-OH is 1. The molecule has 0 aliphatic carbocycles. The van der Waals surface area contributed by atoms with E-state index >= 15 is 0 Å². The van der Waals surface area contributed by atoms with E-state index in [2.05, 4.69) is 49.8 Å². The molecular formula is C22H30N2O3. The van der Waals surface area contributed by atoms with Gasteiger partial charge < -0.3 is 19.8 Å². The topological polar surface area (TPSA) is 65.8 Å². The second-order valence-electron chi connectivity index (χ2n) is 8.20. The molecule has 0 saturated carbocycles. The van der Waals surface area contributed by atoms with E-state index in [0.717, 1.165) is 18.7 Å². The van der Waals surface area contributed by atoms with Crippen LogP contribution < -0.4 is 4.74 Å². The Labute approximate surface area is 161 Å². The molecule has 1 aliphatic rings. The van der Waals surface area contributed by atoms with Gasteiger partial charge in [0.2, 0.25) is 0 Å². The summed E-state index contributed by atoms with van der Waals surface area (Å²) < 4.78 is 5.53. The Morgan fingerprint density at radius 3 is 2.41 bits per heavy atom. The highest BCUT2D eigenvalue weighted by Gasteiger charge is 2.55. The van der Waals surface area contributed by atoms with Crippen LogP contribution in [0.1, 0.15) is 43.4 Å². The molecule has 1 aliphatic heterocycles. The highest BCUT2D eigenvalue weighted by molar-refractivity contribution is 5.42. The number of hydrogen-bond acceptors (Lipinski definition) is 5. The summed E-state index contributed by atoms with van der Waals surface area (Å²) in [7, 11) is 2.06. The standard InChI is InChI=1S/C22H30N2O3/c1-16(2)17-5-7-18(8-6-17)22(26,21(3)14-24(4)15-21)19-11-20(13-23-12-19)27-10-9-25/h5-8,11-13,16,25-26H,9-10,14-15H2,1-4H3/t22-/m0/s1. The Bertz CT molecular complexity index is 769. The van der Waals surface area contributed by atoms with Crippen molar-refractivity contribution >= 4 is 0 Å². The first-order valence-electron chi connectivity index (χ1n) is 9.51. The van der Waals surface area contributed by atoms with Crippen LogP contribution in [0.15, 0.2) is 42.7 Å². The molecule has 146 valence electrons. The Morgan fingerprint density at radius 1 is 1.19 bits per heavy atom. The minimum atomic E-state index is -1.18. The molecule has 0 radical (unpaired) electrons. The summed E-state index contributed by atoms with van der Waals surface area (Å²) in [5.41, 5.74) is 1.31. The molecule has 0 amide bonds. The van der Waals surface area contributed by atoms with Gasteiger partial charge in [0.1, 0.15) is 18.0 Å². The molecule has 27 heavy (non-hydrogen) atoms. The highest BCUT2D eigenvalue weighted by Crippen LogP contribution is 2.50. The van der Waals surface area contributed by atoms with E-state index in [4.69, 9.17) is 9.84 Å². The zero-order valence-electron chi connectivity index (χ0n) is 16.6. The molecule has 3 rings (SSSR count). The summed E-state index contributed by atoms with van der Waals surface area (Å²) >= 11 is 0. The van der Waals surface area contributed by atoms with E-state index < -0.39 is 5.60 Å². The second kappa shape index (κ2) is 7.58. The molecule has 1 saturated heterocycles. The summed E-state index contributed by atoms with van der Waals surface area (Å²) in [6.45, 7) is 8.16. The minimum absolute atomic E-state index is 0.0618. The largest absolute Gasteiger partial charge is 0.490 e. The van der Waals surface area contributed by atoms with Crippen molar-refractivity contribution in [2.75, 3.05) is 33.4 Å². The Morgan fingerprint density at radius 2 is 1.85 bits per heavy atom. The Hall–Kier alpha value is -1.95. The van der Waals surface area contributed by atoms with Gasteiger partial charge in [-0.05, 0) is 30.2 Å². The van der Waals surface area contributed by atoms with Crippen molar-refractivity contribution in [1.29, 1.82) is 0 Å². The molecule has 5 nitrogen and oxygen atoms in total. The maximum atomic E-state index is 12.1. The molecule has 1 aromatic heterocycles. The highest BCUT2D eigenvalue weighted by atomic mass is 16.5. The van der Waals surface area contributed by atoms with Gasteiger partial charge in [-0.25, -0.2) is 0 Å². The maximum Gasteiger partial charge on any atom is 0.138 e. The number of likely N-dealkylation sites (tertiary alicyclic amines) is 1. The maximum absolute atomic E-state index is 12.1. The first kappa shape index (κ1) is 19.8. The summed E-state index contributed by atoms with van der Waals surface area (Å²) in [6, 6.07) is 10.1. The van der Waals surface area contributed by atoms with Gasteiger partial charge in [0.15, 0.2) is 0 Å². The van der Waals surface area contributed by atoms with Gasteiger partial charge in [0, 0.05) is 30.3 Å². The molecule has 2 N–H and O–H groups in total. The zero-order chi connectivity index (χ0) is 19.7. The smallest absolute Gasteiger partial charge is 0.138 e. The van der Waals surface area contributed by atoms with Gasteiger partial charge in [-0.1, -0.05) is 45.0 Å². The molecular weight excluding hydrogens is 340 g/mol.